The van der Waals surface area contributed by atoms with Crippen molar-refractivity contribution in [1.82, 2.24) is 0 Å². The average Bonchev–Trinajstić information content (AvgIpc) is 2.46. The van der Waals surface area contributed by atoms with Gasteiger partial charge in [0.05, 0.1) is 7.11 Å². The smallest absolute Gasteiger partial charge is 0.188 e. The molecule has 0 aliphatic carbocycles. The molecule has 0 aromatic heterocycles. The van der Waals surface area contributed by atoms with Gasteiger partial charge in [0.2, 0.25) is 0 Å². The summed E-state index contributed by atoms with van der Waals surface area (Å²) in [4.78, 5) is 0. The third-order valence-corrected chi connectivity index (χ3v) is 2.62. The molecule has 2 aromatic carbocycles. The minimum atomic E-state index is 0. The standard InChI is InChI=1S/C15H16O3.W/c1-16-11-18-15-9-5-13(6-10-15)12-3-7-14(17-2)8-4-12;/h3-10H,11H2,1-2H3;. The van der Waals surface area contributed by atoms with Crippen molar-refractivity contribution < 1.29 is 35.3 Å². The van der Waals surface area contributed by atoms with Gasteiger partial charge in [-0.3, -0.25) is 0 Å². The maximum absolute atomic E-state index is 5.34. The summed E-state index contributed by atoms with van der Waals surface area (Å²) in [6.07, 6.45) is 0. The Kier molecular flexibility index (Phi) is 6.61. The van der Waals surface area contributed by atoms with E-state index in [2.05, 4.69) is 0 Å². The van der Waals surface area contributed by atoms with Crippen LogP contribution in [0.5, 0.6) is 11.5 Å². The average molecular weight is 428 g/mol. The fourth-order valence-electron chi connectivity index (χ4n) is 1.65. The Bertz CT molecular complexity index is 480. The van der Waals surface area contributed by atoms with Crippen molar-refractivity contribution in [1.29, 1.82) is 0 Å². The third-order valence-electron chi connectivity index (χ3n) is 2.62. The molecule has 0 unspecified atom stereocenters. The second kappa shape index (κ2) is 7.98. The van der Waals surface area contributed by atoms with E-state index in [1.165, 1.54) is 0 Å². The van der Waals surface area contributed by atoms with E-state index in [4.69, 9.17) is 14.2 Å². The second-order valence-electron chi connectivity index (χ2n) is 3.80. The van der Waals surface area contributed by atoms with E-state index in [1.807, 2.05) is 48.5 Å². The molecule has 0 spiro atoms. The molecule has 0 fully saturated rings. The van der Waals surface area contributed by atoms with Gasteiger partial charge in [-0.05, 0) is 35.4 Å². The molecule has 2 rings (SSSR count). The Morgan fingerprint density at radius 3 is 1.63 bits per heavy atom. The number of hydrogen-bond acceptors (Lipinski definition) is 3. The molecule has 19 heavy (non-hydrogen) atoms. The van der Waals surface area contributed by atoms with Crippen molar-refractivity contribution >= 4 is 0 Å². The Balaban J connectivity index is 0.00000180. The number of ether oxygens (including phenoxy) is 3. The summed E-state index contributed by atoms with van der Waals surface area (Å²) in [6.45, 7) is 0.266. The van der Waals surface area contributed by atoms with Gasteiger partial charge in [0.1, 0.15) is 11.5 Å². The van der Waals surface area contributed by atoms with E-state index in [0.29, 0.717) is 0 Å². The summed E-state index contributed by atoms with van der Waals surface area (Å²) in [5.74, 6) is 1.66. The van der Waals surface area contributed by atoms with Gasteiger partial charge < -0.3 is 14.2 Å². The van der Waals surface area contributed by atoms with Gasteiger partial charge in [0.25, 0.3) is 0 Å². The van der Waals surface area contributed by atoms with Crippen LogP contribution < -0.4 is 9.47 Å². The van der Waals surface area contributed by atoms with Crippen molar-refractivity contribution in [3.8, 4) is 22.6 Å². The SMILES string of the molecule is COCOc1ccc(-c2ccc(OC)cc2)cc1.[W]. The first kappa shape index (κ1) is 15.7. The zero-order valence-electron chi connectivity index (χ0n) is 11.0. The third kappa shape index (κ3) is 4.37. The minimum Gasteiger partial charge on any atom is -0.497 e. The van der Waals surface area contributed by atoms with E-state index < -0.39 is 0 Å². The van der Waals surface area contributed by atoms with Crippen LogP contribution in [0.15, 0.2) is 48.5 Å². The predicted octanol–water partition coefficient (Wildman–Crippen LogP) is 3.34. The van der Waals surface area contributed by atoms with Gasteiger partial charge in [0, 0.05) is 28.2 Å². The molecular weight excluding hydrogens is 412 g/mol. The predicted molar refractivity (Wildman–Crippen MR) is 70.9 cm³/mol. The van der Waals surface area contributed by atoms with Crippen molar-refractivity contribution in [3.05, 3.63) is 48.5 Å². The Morgan fingerprint density at radius 1 is 0.737 bits per heavy atom. The summed E-state index contributed by atoms with van der Waals surface area (Å²) in [5, 5.41) is 0. The van der Waals surface area contributed by atoms with E-state index in [9.17, 15) is 0 Å². The van der Waals surface area contributed by atoms with Gasteiger partial charge in [-0.2, -0.15) is 0 Å². The molecule has 0 radical (unpaired) electrons. The molecule has 0 aliphatic heterocycles. The van der Waals surface area contributed by atoms with Gasteiger partial charge in [-0.15, -0.1) is 0 Å². The molecule has 0 aliphatic rings. The molecule has 0 saturated heterocycles. The van der Waals surface area contributed by atoms with E-state index in [0.717, 1.165) is 22.6 Å². The summed E-state index contributed by atoms with van der Waals surface area (Å²) < 4.78 is 15.3. The zero-order chi connectivity index (χ0) is 12.8. The first-order valence-electron chi connectivity index (χ1n) is 5.69. The Hall–Kier alpha value is -1.31. The van der Waals surface area contributed by atoms with Crippen molar-refractivity contribution in [3.63, 3.8) is 0 Å². The molecule has 100 valence electrons. The van der Waals surface area contributed by atoms with Crippen LogP contribution in [-0.4, -0.2) is 21.0 Å². The maximum Gasteiger partial charge on any atom is 0.188 e. The minimum absolute atomic E-state index is 0. The van der Waals surface area contributed by atoms with Crippen LogP contribution in [0.2, 0.25) is 0 Å². The van der Waals surface area contributed by atoms with Gasteiger partial charge in [0.15, 0.2) is 6.79 Å². The normalized spacial score (nSPS) is 9.58. The van der Waals surface area contributed by atoms with Crippen molar-refractivity contribution in [2.24, 2.45) is 0 Å². The molecule has 0 heterocycles. The summed E-state index contributed by atoms with van der Waals surface area (Å²) >= 11 is 0. The fraction of sp³-hybridized carbons (Fsp3) is 0.200. The largest absolute Gasteiger partial charge is 0.497 e. The second-order valence-corrected chi connectivity index (χ2v) is 3.80. The Labute approximate surface area is 127 Å². The molecule has 0 saturated carbocycles. The van der Waals surface area contributed by atoms with Crippen LogP contribution in [0.1, 0.15) is 0 Å². The molecular formula is C15H16O3W. The number of hydrogen-bond donors (Lipinski definition) is 0. The van der Waals surface area contributed by atoms with E-state index in [-0.39, 0.29) is 27.9 Å². The molecule has 0 atom stereocenters. The number of rotatable bonds is 5. The van der Waals surface area contributed by atoms with Crippen LogP contribution >= 0.6 is 0 Å². The van der Waals surface area contributed by atoms with Crippen LogP contribution in [0.4, 0.5) is 0 Å². The summed E-state index contributed by atoms with van der Waals surface area (Å²) in [6, 6.07) is 15.9. The van der Waals surface area contributed by atoms with Crippen molar-refractivity contribution in [2.75, 3.05) is 21.0 Å². The van der Waals surface area contributed by atoms with Gasteiger partial charge >= 0.3 is 0 Å². The van der Waals surface area contributed by atoms with Crippen LogP contribution in [0.3, 0.4) is 0 Å². The molecule has 0 amide bonds. The summed E-state index contributed by atoms with van der Waals surface area (Å²) in [5.41, 5.74) is 2.29. The van der Waals surface area contributed by atoms with E-state index in [1.54, 1.807) is 14.2 Å². The summed E-state index contributed by atoms with van der Waals surface area (Å²) in [7, 11) is 3.27. The van der Waals surface area contributed by atoms with Crippen LogP contribution in [0.25, 0.3) is 11.1 Å². The first-order valence-corrected chi connectivity index (χ1v) is 5.69. The number of benzene rings is 2. The van der Waals surface area contributed by atoms with Crippen molar-refractivity contribution in [2.45, 2.75) is 0 Å². The quantitative estimate of drug-likeness (QED) is 0.685. The molecule has 4 heteroatoms. The van der Waals surface area contributed by atoms with Gasteiger partial charge in [-0.1, -0.05) is 24.3 Å². The van der Waals surface area contributed by atoms with E-state index >= 15 is 0 Å². The molecule has 0 N–H and O–H groups in total. The molecule has 3 nitrogen and oxygen atoms in total. The topological polar surface area (TPSA) is 27.7 Å². The van der Waals surface area contributed by atoms with Crippen LogP contribution in [-0.2, 0) is 25.8 Å². The first-order chi connectivity index (χ1) is 8.83. The monoisotopic (exact) mass is 428 g/mol. The molecule has 2 aromatic rings. The maximum atomic E-state index is 5.34. The van der Waals surface area contributed by atoms with Gasteiger partial charge in [-0.25, -0.2) is 0 Å². The number of methoxy groups -OCH3 is 2. The Morgan fingerprint density at radius 2 is 1.21 bits per heavy atom. The fourth-order valence-corrected chi connectivity index (χ4v) is 1.65. The molecule has 0 bridgehead atoms. The zero-order valence-corrected chi connectivity index (χ0v) is 13.9. The van der Waals surface area contributed by atoms with Crippen LogP contribution in [0, 0.1) is 0 Å².